The molecule has 166 valence electrons. The molecule has 3 aromatic rings. The molecule has 32 heavy (non-hydrogen) atoms. The molecule has 0 aliphatic heterocycles. The molecule has 0 fully saturated rings. The summed E-state index contributed by atoms with van der Waals surface area (Å²) >= 11 is 0. The number of fused-ring (bicyclic) bond motifs is 1. The Hall–Kier alpha value is -3.61. The van der Waals surface area contributed by atoms with E-state index in [1.807, 2.05) is 49.4 Å². The lowest BCUT2D eigenvalue weighted by Crippen LogP contribution is -2.15. The van der Waals surface area contributed by atoms with E-state index >= 15 is 0 Å². The first-order valence-corrected chi connectivity index (χ1v) is 10.7. The molecule has 7 heteroatoms. The number of nitrogens with zero attached hydrogens (tertiary/aromatic N) is 2. The molecular weight excluding hydrogens is 408 g/mol. The number of aromatic nitrogens is 2. The fraction of sp³-hybridized carbons (Fsp3) is 0.320. The van der Waals surface area contributed by atoms with Crippen molar-refractivity contribution in [3.05, 3.63) is 64.8 Å². The van der Waals surface area contributed by atoms with Crippen molar-refractivity contribution in [1.82, 2.24) is 9.78 Å². The summed E-state index contributed by atoms with van der Waals surface area (Å²) in [7, 11) is 2.57. The second-order valence-electron chi connectivity index (χ2n) is 7.51. The summed E-state index contributed by atoms with van der Waals surface area (Å²) in [6.07, 6.45) is 3.85. The van der Waals surface area contributed by atoms with Crippen LogP contribution in [0.3, 0.4) is 0 Å². The molecule has 0 unspecified atom stereocenters. The summed E-state index contributed by atoms with van der Waals surface area (Å²) < 4.78 is 17.4. The van der Waals surface area contributed by atoms with E-state index in [1.165, 1.54) is 18.9 Å². The first-order chi connectivity index (χ1) is 15.6. The first-order valence-electron chi connectivity index (χ1n) is 10.7. The summed E-state index contributed by atoms with van der Waals surface area (Å²) in [5.41, 5.74) is 4.23. The van der Waals surface area contributed by atoms with Crippen molar-refractivity contribution in [2.75, 3.05) is 20.8 Å². The SMILES string of the molecule is CCOc1ccc(-c2nn(-c3ccccc3)c(C(=O)OC)c2C(=O)OC)c2c1CCCC2. The number of methoxy groups -OCH3 is 2. The Morgan fingerprint density at radius 1 is 0.938 bits per heavy atom. The second-order valence-corrected chi connectivity index (χ2v) is 7.51. The van der Waals surface area contributed by atoms with Crippen molar-refractivity contribution in [2.45, 2.75) is 32.6 Å². The van der Waals surface area contributed by atoms with Crippen LogP contribution in [0.1, 0.15) is 51.7 Å². The number of rotatable bonds is 6. The lowest BCUT2D eigenvalue weighted by molar-refractivity contribution is 0.0549. The van der Waals surface area contributed by atoms with Gasteiger partial charge in [-0.05, 0) is 68.0 Å². The lowest BCUT2D eigenvalue weighted by Gasteiger charge is -2.22. The maximum Gasteiger partial charge on any atom is 0.357 e. The van der Waals surface area contributed by atoms with Gasteiger partial charge >= 0.3 is 11.9 Å². The van der Waals surface area contributed by atoms with Crippen molar-refractivity contribution in [2.24, 2.45) is 0 Å². The molecule has 7 nitrogen and oxygen atoms in total. The highest BCUT2D eigenvalue weighted by molar-refractivity contribution is 6.07. The summed E-state index contributed by atoms with van der Waals surface area (Å²) in [5, 5.41) is 4.75. The highest BCUT2D eigenvalue weighted by Gasteiger charge is 2.33. The molecule has 2 aromatic carbocycles. The Balaban J connectivity index is 2.02. The summed E-state index contributed by atoms with van der Waals surface area (Å²) in [4.78, 5) is 25.7. The van der Waals surface area contributed by atoms with Crippen molar-refractivity contribution in [3.63, 3.8) is 0 Å². The Kier molecular flexibility index (Phi) is 6.25. The lowest BCUT2D eigenvalue weighted by atomic mass is 9.85. The molecule has 0 bridgehead atoms. The van der Waals surface area contributed by atoms with Crippen LogP contribution < -0.4 is 4.74 Å². The predicted molar refractivity (Wildman–Crippen MR) is 119 cm³/mol. The van der Waals surface area contributed by atoms with Gasteiger partial charge in [0.15, 0.2) is 5.69 Å². The molecule has 1 aliphatic carbocycles. The Bertz CT molecular complexity index is 1150. The number of esters is 2. The highest BCUT2D eigenvalue weighted by Crippen LogP contribution is 2.39. The fourth-order valence-electron chi connectivity index (χ4n) is 4.29. The molecule has 0 spiro atoms. The second kappa shape index (κ2) is 9.26. The van der Waals surface area contributed by atoms with Gasteiger partial charge in [0.05, 0.1) is 26.5 Å². The zero-order valence-electron chi connectivity index (χ0n) is 18.5. The summed E-state index contributed by atoms with van der Waals surface area (Å²) in [6.45, 7) is 2.54. The van der Waals surface area contributed by atoms with E-state index < -0.39 is 11.9 Å². The van der Waals surface area contributed by atoms with Crippen LogP contribution in [0.15, 0.2) is 42.5 Å². The van der Waals surface area contributed by atoms with Crippen LogP contribution in [0.5, 0.6) is 5.75 Å². The minimum absolute atomic E-state index is 0.0407. The van der Waals surface area contributed by atoms with Gasteiger partial charge in [-0.2, -0.15) is 5.10 Å². The Morgan fingerprint density at radius 2 is 1.62 bits per heavy atom. The van der Waals surface area contributed by atoms with Gasteiger partial charge in [-0.15, -0.1) is 0 Å². The van der Waals surface area contributed by atoms with Gasteiger partial charge in [-0.1, -0.05) is 18.2 Å². The molecular formula is C25H26N2O5. The van der Waals surface area contributed by atoms with E-state index in [0.717, 1.165) is 48.1 Å². The number of hydrogen-bond donors (Lipinski definition) is 0. The monoisotopic (exact) mass is 434 g/mol. The summed E-state index contributed by atoms with van der Waals surface area (Å²) in [5.74, 6) is -0.435. The van der Waals surface area contributed by atoms with Crippen molar-refractivity contribution < 1.29 is 23.8 Å². The van der Waals surface area contributed by atoms with Gasteiger partial charge in [-0.25, -0.2) is 14.3 Å². The number of benzene rings is 2. The van der Waals surface area contributed by atoms with Crippen LogP contribution in [0.2, 0.25) is 0 Å². The molecule has 0 amide bonds. The van der Waals surface area contributed by atoms with Gasteiger partial charge in [0.1, 0.15) is 17.0 Å². The minimum Gasteiger partial charge on any atom is -0.494 e. The molecule has 0 saturated carbocycles. The van der Waals surface area contributed by atoms with E-state index in [9.17, 15) is 9.59 Å². The van der Waals surface area contributed by atoms with E-state index in [1.54, 1.807) is 0 Å². The topological polar surface area (TPSA) is 79.7 Å². The largest absolute Gasteiger partial charge is 0.494 e. The average Bonchev–Trinajstić information content (AvgIpc) is 3.24. The van der Waals surface area contributed by atoms with Gasteiger partial charge in [0.2, 0.25) is 0 Å². The normalized spacial score (nSPS) is 12.7. The molecule has 4 rings (SSSR count). The number of carbonyl (C=O) groups excluding carboxylic acids is 2. The van der Waals surface area contributed by atoms with E-state index in [2.05, 4.69) is 0 Å². The van der Waals surface area contributed by atoms with Gasteiger partial charge in [0, 0.05) is 5.56 Å². The molecule has 0 N–H and O–H groups in total. The van der Waals surface area contributed by atoms with Crippen molar-refractivity contribution in [3.8, 4) is 22.7 Å². The molecule has 1 aliphatic rings. The third-order valence-corrected chi connectivity index (χ3v) is 5.70. The molecule has 1 heterocycles. The zero-order valence-corrected chi connectivity index (χ0v) is 18.5. The fourth-order valence-corrected chi connectivity index (χ4v) is 4.29. The van der Waals surface area contributed by atoms with Gasteiger partial charge in [0.25, 0.3) is 0 Å². The van der Waals surface area contributed by atoms with Crippen LogP contribution in [0.4, 0.5) is 0 Å². The smallest absolute Gasteiger partial charge is 0.357 e. The van der Waals surface area contributed by atoms with Crippen LogP contribution in [-0.4, -0.2) is 42.5 Å². The number of hydrogen-bond acceptors (Lipinski definition) is 6. The maximum atomic E-state index is 12.9. The molecule has 0 radical (unpaired) electrons. The Morgan fingerprint density at radius 3 is 2.28 bits per heavy atom. The van der Waals surface area contributed by atoms with Gasteiger partial charge < -0.3 is 14.2 Å². The van der Waals surface area contributed by atoms with Crippen LogP contribution in [0.25, 0.3) is 16.9 Å². The third-order valence-electron chi connectivity index (χ3n) is 5.70. The summed E-state index contributed by atoms with van der Waals surface area (Å²) in [6, 6.07) is 13.0. The van der Waals surface area contributed by atoms with Crippen LogP contribution in [-0.2, 0) is 22.3 Å². The molecule has 1 aromatic heterocycles. The maximum absolute atomic E-state index is 12.9. The third kappa shape index (κ3) is 3.75. The van der Waals surface area contributed by atoms with Crippen molar-refractivity contribution in [1.29, 1.82) is 0 Å². The van der Waals surface area contributed by atoms with E-state index in [-0.39, 0.29) is 11.3 Å². The molecule has 0 atom stereocenters. The van der Waals surface area contributed by atoms with Crippen LogP contribution in [0, 0.1) is 0 Å². The van der Waals surface area contributed by atoms with Crippen LogP contribution >= 0.6 is 0 Å². The Labute approximate surface area is 186 Å². The number of para-hydroxylation sites is 1. The van der Waals surface area contributed by atoms with E-state index in [4.69, 9.17) is 19.3 Å². The first kappa shape index (κ1) is 21.6. The predicted octanol–water partition coefficient (Wildman–Crippen LogP) is 4.39. The average molecular weight is 434 g/mol. The standard InChI is InChI=1S/C25H26N2O5/c1-4-32-20-15-14-19(17-12-8-9-13-18(17)20)22-21(24(28)30-2)23(25(29)31-3)27(26-22)16-10-6-5-7-11-16/h5-7,10-11,14-15H,4,8-9,12-13H2,1-3H3. The molecule has 0 saturated heterocycles. The van der Waals surface area contributed by atoms with Gasteiger partial charge in [-0.3, -0.25) is 0 Å². The number of carbonyl (C=O) groups is 2. The van der Waals surface area contributed by atoms with E-state index in [0.29, 0.717) is 18.0 Å². The minimum atomic E-state index is -0.659. The highest BCUT2D eigenvalue weighted by atomic mass is 16.5. The quantitative estimate of drug-likeness (QED) is 0.536. The zero-order chi connectivity index (χ0) is 22.7. The number of ether oxygens (including phenoxy) is 3. The van der Waals surface area contributed by atoms with Crippen molar-refractivity contribution >= 4 is 11.9 Å².